The summed E-state index contributed by atoms with van der Waals surface area (Å²) in [6.45, 7) is -0.897. The van der Waals surface area contributed by atoms with E-state index in [1.54, 1.807) is 0 Å². The lowest BCUT2D eigenvalue weighted by molar-refractivity contribution is -0.124. The van der Waals surface area contributed by atoms with E-state index in [9.17, 15) is 28.9 Å². The topological polar surface area (TPSA) is 209 Å². The number of amides is 2. The van der Waals surface area contributed by atoms with Crippen LogP contribution in [-0.4, -0.2) is 67.7 Å². The van der Waals surface area contributed by atoms with Crippen molar-refractivity contribution in [1.29, 1.82) is 0 Å². The van der Waals surface area contributed by atoms with Gasteiger partial charge in [-0.3, -0.25) is 19.4 Å². The van der Waals surface area contributed by atoms with Crippen molar-refractivity contribution in [3.05, 3.63) is 11.6 Å². The third-order valence-corrected chi connectivity index (χ3v) is 5.22. The van der Waals surface area contributed by atoms with Gasteiger partial charge in [0, 0.05) is 6.08 Å². The average Bonchev–Trinajstić information content (AvgIpc) is 2.86. The molecule has 2 aliphatic rings. The lowest BCUT2D eigenvalue weighted by atomic mass is 10.0. The maximum absolute atomic E-state index is 11.5. The first-order valence-corrected chi connectivity index (χ1v) is 9.25. The van der Waals surface area contributed by atoms with Crippen LogP contribution in [0, 0.1) is 0 Å². The van der Waals surface area contributed by atoms with Crippen LogP contribution in [0.1, 0.15) is 0 Å². The van der Waals surface area contributed by atoms with Gasteiger partial charge in [-0.1, -0.05) is 0 Å². The average molecular weight is 389 g/mol. The fourth-order valence-electron chi connectivity index (χ4n) is 2.11. The monoisotopic (exact) mass is 389 g/mol. The molecule has 15 heteroatoms. The van der Waals surface area contributed by atoms with Crippen molar-refractivity contribution in [2.24, 2.45) is 0 Å². The van der Waals surface area contributed by atoms with Crippen molar-refractivity contribution in [3.63, 3.8) is 0 Å². The van der Waals surface area contributed by atoms with Gasteiger partial charge in [-0.2, -0.15) is 4.31 Å². The largest absolute Gasteiger partial charge is 0.481 e. The normalized spacial score (nSPS) is 33.3. The first-order chi connectivity index (χ1) is 10.9. The third-order valence-electron chi connectivity index (χ3n) is 3.07. The Hall–Kier alpha value is -0.980. The predicted octanol–water partition coefficient (Wildman–Crippen LogP) is -2.72. The van der Waals surface area contributed by atoms with Gasteiger partial charge >= 0.3 is 15.6 Å². The van der Waals surface area contributed by atoms with E-state index in [2.05, 4.69) is 8.83 Å². The van der Waals surface area contributed by atoms with Crippen LogP contribution in [0.4, 0.5) is 0 Å². The number of aliphatic hydroxyl groups excluding tert-OH is 2. The zero-order valence-electron chi connectivity index (χ0n) is 11.6. The molecule has 2 amide bonds. The maximum atomic E-state index is 11.5. The summed E-state index contributed by atoms with van der Waals surface area (Å²) in [5.41, 5.74) is -0.257. The van der Waals surface area contributed by atoms with E-state index in [0.29, 0.717) is 0 Å². The predicted molar refractivity (Wildman–Crippen MR) is 70.8 cm³/mol. The lowest BCUT2D eigenvalue weighted by Crippen LogP contribution is -2.36. The first-order valence-electron chi connectivity index (χ1n) is 6.22. The van der Waals surface area contributed by atoms with Gasteiger partial charge in [-0.05, 0) is 0 Å². The number of aliphatic hydroxyl groups is 2. The fourth-order valence-corrected chi connectivity index (χ4v) is 3.71. The quantitative estimate of drug-likeness (QED) is 0.202. The second-order valence-electron chi connectivity index (χ2n) is 4.83. The molecule has 0 radical (unpaired) electrons. The molecule has 1 saturated heterocycles. The highest BCUT2D eigenvalue weighted by Gasteiger charge is 2.48. The molecule has 2 aliphatic heterocycles. The number of carbonyl (C=O) groups is 2. The first kappa shape index (κ1) is 19.3. The molecule has 1 fully saturated rings. The van der Waals surface area contributed by atoms with Crippen LogP contribution in [-0.2, 0) is 32.3 Å². The smallest absolute Gasteiger partial charge is 0.387 e. The Morgan fingerprint density at radius 2 is 1.79 bits per heavy atom. The van der Waals surface area contributed by atoms with E-state index in [-0.39, 0.29) is 5.57 Å². The number of rotatable bonds is 6. The molecule has 2 rings (SSSR count). The summed E-state index contributed by atoms with van der Waals surface area (Å²) in [5, 5.41) is 21.6. The molecule has 0 aromatic rings. The molecule has 2 heterocycles. The van der Waals surface area contributed by atoms with Gasteiger partial charge in [0.05, 0.1) is 12.2 Å². The van der Waals surface area contributed by atoms with Crippen molar-refractivity contribution in [1.82, 2.24) is 5.32 Å². The molecular formula is C9H13NO12P2. The van der Waals surface area contributed by atoms with Crippen LogP contribution in [0.5, 0.6) is 0 Å². The molecule has 0 aromatic heterocycles. The van der Waals surface area contributed by atoms with E-state index in [4.69, 9.17) is 19.4 Å². The van der Waals surface area contributed by atoms with Gasteiger partial charge in [0.25, 0.3) is 11.8 Å². The molecule has 6 N–H and O–H groups in total. The van der Waals surface area contributed by atoms with Gasteiger partial charge in [0.1, 0.15) is 24.4 Å². The SMILES string of the molecule is O=C1C=C([C@@H]2O[C@H](COP(=O)(O)OP(=O)(O)O)[C@@H](O)[C@H]2O)C(=O)N1. The van der Waals surface area contributed by atoms with Gasteiger partial charge < -0.3 is 29.6 Å². The van der Waals surface area contributed by atoms with Crippen molar-refractivity contribution >= 4 is 27.5 Å². The zero-order valence-corrected chi connectivity index (χ0v) is 13.4. The summed E-state index contributed by atoms with van der Waals surface area (Å²) < 4.78 is 34.8. The van der Waals surface area contributed by atoms with Crippen molar-refractivity contribution in [2.75, 3.05) is 6.61 Å². The minimum atomic E-state index is -5.31. The molecule has 0 spiro atoms. The molecule has 0 aliphatic carbocycles. The van der Waals surface area contributed by atoms with Gasteiger partial charge in [-0.15, -0.1) is 0 Å². The summed E-state index contributed by atoms with van der Waals surface area (Å²) in [4.78, 5) is 48.6. The maximum Gasteiger partial charge on any atom is 0.481 e. The number of carbonyl (C=O) groups excluding carboxylic acids is 2. The van der Waals surface area contributed by atoms with E-state index < -0.39 is 58.5 Å². The second-order valence-corrected chi connectivity index (χ2v) is 7.66. The highest BCUT2D eigenvalue weighted by Crippen LogP contribution is 2.57. The molecule has 24 heavy (non-hydrogen) atoms. The molecule has 136 valence electrons. The summed E-state index contributed by atoms with van der Waals surface area (Å²) in [5.74, 6) is -1.58. The molecule has 13 nitrogen and oxygen atoms in total. The molecule has 5 atom stereocenters. The second kappa shape index (κ2) is 6.73. The number of phosphoric ester groups is 1. The Morgan fingerprint density at radius 3 is 2.29 bits per heavy atom. The third kappa shape index (κ3) is 4.55. The van der Waals surface area contributed by atoms with Crippen LogP contribution in [0.25, 0.3) is 0 Å². The number of phosphoric acid groups is 2. The molecule has 1 unspecified atom stereocenters. The minimum Gasteiger partial charge on any atom is -0.387 e. The van der Waals surface area contributed by atoms with Crippen LogP contribution in [0.3, 0.4) is 0 Å². The van der Waals surface area contributed by atoms with E-state index >= 15 is 0 Å². The zero-order chi connectivity index (χ0) is 18.3. The van der Waals surface area contributed by atoms with Gasteiger partial charge in [0.2, 0.25) is 0 Å². The minimum absolute atomic E-state index is 0.257. The summed E-state index contributed by atoms with van der Waals surface area (Å²) in [6, 6.07) is 0. The summed E-state index contributed by atoms with van der Waals surface area (Å²) in [6.07, 6.45) is -5.30. The number of hydrogen-bond acceptors (Lipinski definition) is 9. The van der Waals surface area contributed by atoms with Crippen LogP contribution in [0.15, 0.2) is 11.6 Å². The number of imide groups is 1. The Morgan fingerprint density at radius 1 is 1.17 bits per heavy atom. The lowest BCUT2D eigenvalue weighted by Gasteiger charge is -2.17. The number of ether oxygens (including phenoxy) is 1. The Kier molecular flexibility index (Phi) is 5.43. The molecule has 0 aromatic carbocycles. The van der Waals surface area contributed by atoms with Crippen LogP contribution >= 0.6 is 15.6 Å². The van der Waals surface area contributed by atoms with E-state index in [1.165, 1.54) is 0 Å². The molecule has 0 bridgehead atoms. The van der Waals surface area contributed by atoms with Crippen molar-refractivity contribution in [3.8, 4) is 0 Å². The standard InChI is InChI=1S/C9H13NO12P2/c11-5-1-3(9(14)10-5)8-7(13)6(12)4(21-8)2-20-24(18,19)22-23(15,16)17/h1,4,6-8,12-13H,2H2,(H,18,19)(H,10,11,14)(H2,15,16,17)/t4-,6-,7-,8+/m1/s1. The van der Waals surface area contributed by atoms with E-state index in [1.807, 2.05) is 5.32 Å². The van der Waals surface area contributed by atoms with Gasteiger partial charge in [-0.25, -0.2) is 9.13 Å². The summed E-state index contributed by atoms with van der Waals surface area (Å²) >= 11 is 0. The fraction of sp³-hybridized carbons (Fsp3) is 0.556. The van der Waals surface area contributed by atoms with E-state index in [0.717, 1.165) is 6.08 Å². The van der Waals surface area contributed by atoms with Crippen LogP contribution < -0.4 is 5.32 Å². The Balaban J connectivity index is 2.02. The van der Waals surface area contributed by atoms with Crippen molar-refractivity contribution in [2.45, 2.75) is 24.4 Å². The Labute approximate surface area is 133 Å². The molecule has 0 saturated carbocycles. The van der Waals surface area contributed by atoms with Crippen LogP contribution in [0.2, 0.25) is 0 Å². The number of hydrogen-bond donors (Lipinski definition) is 6. The number of nitrogens with one attached hydrogen (secondary N) is 1. The molecular weight excluding hydrogens is 376 g/mol. The van der Waals surface area contributed by atoms with Crippen molar-refractivity contribution < 1.29 is 57.2 Å². The highest BCUT2D eigenvalue weighted by atomic mass is 31.3. The Bertz CT molecular complexity index is 669. The van der Waals surface area contributed by atoms with Gasteiger partial charge in [0.15, 0.2) is 0 Å². The summed E-state index contributed by atoms with van der Waals surface area (Å²) in [7, 11) is -10.5. The highest BCUT2D eigenvalue weighted by molar-refractivity contribution is 7.60.